The summed E-state index contributed by atoms with van der Waals surface area (Å²) in [6, 6.07) is 7.05. The molecule has 3 unspecified atom stereocenters. The van der Waals surface area contributed by atoms with Crippen LogP contribution in [0.4, 0.5) is 5.69 Å². The van der Waals surface area contributed by atoms with Crippen LogP contribution in [0.25, 0.3) is 5.65 Å². The monoisotopic (exact) mass is 808 g/mol. The number of nitrogens with zero attached hydrogens (tertiary/aromatic N) is 3. The van der Waals surface area contributed by atoms with E-state index < -0.39 is 21.2 Å². The number of amides is 1. The molecule has 6 aliphatic rings. The number of nitrogens with one attached hydrogen (secondary N) is 3. The van der Waals surface area contributed by atoms with Crippen molar-refractivity contribution in [1.82, 2.24) is 25.1 Å². The first-order chi connectivity index (χ1) is 27.1. The van der Waals surface area contributed by atoms with Gasteiger partial charge in [0.2, 0.25) is 15.6 Å². The highest BCUT2D eigenvalue weighted by Gasteiger charge is 2.68. The summed E-state index contributed by atoms with van der Waals surface area (Å²) in [6.07, 6.45) is 25.4. The van der Waals surface area contributed by atoms with E-state index in [1.807, 2.05) is 11.6 Å². The van der Waals surface area contributed by atoms with Gasteiger partial charge in [0.15, 0.2) is 11.5 Å². The lowest BCUT2D eigenvalue weighted by Gasteiger charge is -2.60. The number of rotatable bonds is 20. The Hall–Kier alpha value is -2.79. The van der Waals surface area contributed by atoms with Crippen molar-refractivity contribution in [2.24, 2.45) is 17.8 Å². The fourth-order valence-electron chi connectivity index (χ4n) is 12.1. The van der Waals surface area contributed by atoms with E-state index in [9.17, 15) is 13.2 Å². The molecule has 56 heavy (non-hydrogen) atoms. The van der Waals surface area contributed by atoms with E-state index in [1.165, 1.54) is 83.5 Å². The molecule has 5 saturated carbocycles. The lowest BCUT2D eigenvalue weighted by atomic mass is 9.49. The molecule has 308 valence electrons. The molecule has 1 aromatic carbocycles. The van der Waals surface area contributed by atoms with E-state index in [0.29, 0.717) is 30.7 Å². The SMILES string of the molecule is CCCCCCCCCCCCC1(Oc2ccc(NS(=O)(=O)CCCC)cc2)C(=O)NC12CCCC(c1nc3c(Cl)c(C45CC6CC(CC(C6)C4)C5)[nH]n3n1)C2. The average Bonchev–Trinajstić information content (AvgIpc) is 3.74. The number of benzene rings is 1. The number of carbonyl (C=O) groups is 1. The second-order valence-electron chi connectivity index (χ2n) is 18.7. The Kier molecular flexibility index (Phi) is 11.8. The number of hydrogen-bond acceptors (Lipinski definition) is 6. The molecular formula is C44H65ClN6O4S. The maximum atomic E-state index is 14.0. The minimum atomic E-state index is -3.43. The van der Waals surface area contributed by atoms with E-state index in [2.05, 4.69) is 22.1 Å². The van der Waals surface area contributed by atoms with E-state index in [0.717, 1.165) is 84.9 Å². The molecule has 3 atom stereocenters. The van der Waals surface area contributed by atoms with Crippen LogP contribution in [0.3, 0.4) is 0 Å². The van der Waals surface area contributed by atoms with Crippen LogP contribution < -0.4 is 14.8 Å². The highest BCUT2D eigenvalue weighted by atomic mass is 35.5. The summed E-state index contributed by atoms with van der Waals surface area (Å²) in [6.45, 7) is 4.23. The standard InChI is InChI=1S/C44H65ClN6O4S/c1-3-5-7-8-9-10-11-12-13-14-22-44(55-36-19-17-35(18-20-36)50-56(53,54)23-6-4-2)41(52)47-43(44)21-15-16-34(30-43)39-46-40-37(45)38(48-51(40)49-39)42-27-31-24-32(28-42)26-33(25-31)29-42/h17-20,31-34,48,50H,3-16,21-30H2,1-2H3,(H,47,52). The van der Waals surface area contributed by atoms with E-state index in [4.69, 9.17) is 26.4 Å². The third kappa shape index (κ3) is 7.85. The average molecular weight is 810 g/mol. The van der Waals surface area contributed by atoms with Crippen molar-refractivity contribution in [3.05, 3.63) is 40.8 Å². The summed E-state index contributed by atoms with van der Waals surface area (Å²) in [5.41, 5.74) is 0.910. The first-order valence-electron chi connectivity index (χ1n) is 22.3. The highest BCUT2D eigenvalue weighted by Crippen LogP contribution is 2.61. The maximum Gasteiger partial charge on any atom is 0.267 e. The van der Waals surface area contributed by atoms with E-state index in [1.54, 1.807) is 24.3 Å². The molecule has 6 fully saturated rings. The van der Waals surface area contributed by atoms with Crippen LogP contribution in [0.2, 0.25) is 5.02 Å². The summed E-state index contributed by atoms with van der Waals surface area (Å²) in [4.78, 5) is 19.1. The number of hydrogen-bond donors (Lipinski definition) is 3. The van der Waals surface area contributed by atoms with Gasteiger partial charge in [0.05, 0.1) is 17.0 Å². The number of carbonyl (C=O) groups excluding carboxylic acids is 1. The Balaban J connectivity index is 0.988. The fourth-order valence-corrected chi connectivity index (χ4v) is 13.7. The van der Waals surface area contributed by atoms with Crippen molar-refractivity contribution in [3.8, 4) is 5.75 Å². The number of fused-ring (bicyclic) bond motifs is 1. The van der Waals surface area contributed by atoms with Gasteiger partial charge >= 0.3 is 0 Å². The first kappa shape index (κ1) is 40.0. The molecule has 10 nitrogen and oxygen atoms in total. The Labute approximate surface area is 339 Å². The molecule has 4 bridgehead atoms. The second-order valence-corrected chi connectivity index (χ2v) is 20.9. The molecule has 0 radical (unpaired) electrons. The Morgan fingerprint density at radius 3 is 2.11 bits per heavy atom. The third-order valence-corrected chi connectivity index (χ3v) is 16.2. The van der Waals surface area contributed by atoms with Gasteiger partial charge in [0, 0.05) is 17.0 Å². The first-order valence-corrected chi connectivity index (χ1v) is 24.4. The Morgan fingerprint density at radius 1 is 0.875 bits per heavy atom. The zero-order valence-electron chi connectivity index (χ0n) is 33.9. The van der Waals surface area contributed by atoms with Crippen molar-refractivity contribution >= 4 is 38.9 Å². The largest absolute Gasteiger partial charge is 0.475 e. The molecule has 1 amide bonds. The van der Waals surface area contributed by atoms with Crippen LogP contribution in [0.5, 0.6) is 5.75 Å². The van der Waals surface area contributed by atoms with Crippen LogP contribution in [-0.4, -0.2) is 51.0 Å². The number of halogens is 1. The van der Waals surface area contributed by atoms with Crippen molar-refractivity contribution in [2.45, 2.75) is 184 Å². The van der Waals surface area contributed by atoms with Gasteiger partial charge in [-0.25, -0.2) is 13.4 Å². The molecule has 3 heterocycles. The molecule has 3 aromatic rings. The van der Waals surface area contributed by atoms with Crippen molar-refractivity contribution in [3.63, 3.8) is 0 Å². The van der Waals surface area contributed by atoms with Gasteiger partial charge in [-0.1, -0.05) is 96.1 Å². The van der Waals surface area contributed by atoms with Crippen LogP contribution >= 0.6 is 11.6 Å². The number of unbranched alkanes of at least 4 members (excludes halogenated alkanes) is 10. The topological polar surface area (TPSA) is 130 Å². The van der Waals surface area contributed by atoms with Crippen LogP contribution in [0.1, 0.15) is 179 Å². The number of sulfonamides is 1. The maximum absolute atomic E-state index is 14.0. The normalized spacial score (nSPS) is 30.9. The minimum Gasteiger partial charge on any atom is -0.475 e. The van der Waals surface area contributed by atoms with Crippen molar-refractivity contribution in [1.29, 1.82) is 0 Å². The summed E-state index contributed by atoms with van der Waals surface area (Å²) in [7, 11) is -3.43. The lowest BCUT2D eigenvalue weighted by Crippen LogP contribution is -2.84. The van der Waals surface area contributed by atoms with Crippen LogP contribution in [0, 0.1) is 17.8 Å². The lowest BCUT2D eigenvalue weighted by molar-refractivity contribution is -0.177. The van der Waals surface area contributed by atoms with Gasteiger partial charge in [-0.05, 0) is 119 Å². The number of aromatic nitrogens is 4. The Bertz CT molecular complexity index is 1910. The van der Waals surface area contributed by atoms with Gasteiger partial charge in [-0.15, -0.1) is 5.10 Å². The molecular weight excluding hydrogens is 744 g/mol. The zero-order chi connectivity index (χ0) is 39.0. The fraction of sp³-hybridized carbons (Fsp3) is 0.750. The van der Waals surface area contributed by atoms with E-state index in [-0.39, 0.29) is 23.0 Å². The predicted octanol–water partition coefficient (Wildman–Crippen LogP) is 10.4. The molecule has 2 aromatic heterocycles. The predicted molar refractivity (Wildman–Crippen MR) is 223 cm³/mol. The second kappa shape index (κ2) is 16.5. The summed E-state index contributed by atoms with van der Waals surface area (Å²) >= 11 is 7.22. The minimum absolute atomic E-state index is 0.0484. The summed E-state index contributed by atoms with van der Waals surface area (Å²) in [5, 5.41) is 12.8. The molecule has 1 saturated heterocycles. The third-order valence-electron chi connectivity index (χ3n) is 14.5. The molecule has 3 N–H and O–H groups in total. The Morgan fingerprint density at radius 2 is 1.50 bits per heavy atom. The van der Waals surface area contributed by atoms with Gasteiger partial charge < -0.3 is 10.1 Å². The summed E-state index contributed by atoms with van der Waals surface area (Å²) in [5.74, 6) is 3.87. The molecule has 1 aliphatic heterocycles. The highest BCUT2D eigenvalue weighted by molar-refractivity contribution is 7.92. The number of anilines is 1. The quantitative estimate of drug-likeness (QED) is 0.0770. The van der Waals surface area contributed by atoms with Gasteiger partial charge in [0.25, 0.3) is 5.91 Å². The zero-order valence-corrected chi connectivity index (χ0v) is 35.4. The number of H-pyrrole nitrogens is 1. The van der Waals surface area contributed by atoms with Crippen molar-refractivity contribution in [2.75, 3.05) is 10.5 Å². The van der Waals surface area contributed by atoms with Crippen LogP contribution in [-0.2, 0) is 20.2 Å². The van der Waals surface area contributed by atoms with Gasteiger partial charge in [-0.3, -0.25) is 14.6 Å². The number of β-lactam (4-membered cyclic amide) rings is 1. The molecule has 12 heteroatoms. The molecule has 5 aliphatic carbocycles. The van der Waals surface area contributed by atoms with E-state index >= 15 is 0 Å². The summed E-state index contributed by atoms with van der Waals surface area (Å²) < 4.78 is 36.6. The number of aromatic amines is 1. The van der Waals surface area contributed by atoms with Gasteiger partial charge in [-0.2, -0.15) is 4.63 Å². The van der Waals surface area contributed by atoms with Crippen LogP contribution in [0.15, 0.2) is 24.3 Å². The molecule has 9 rings (SSSR count). The smallest absolute Gasteiger partial charge is 0.267 e. The molecule has 1 spiro atoms. The van der Waals surface area contributed by atoms with Gasteiger partial charge in [0.1, 0.15) is 10.8 Å². The number of ether oxygens (including phenoxy) is 1. The van der Waals surface area contributed by atoms with Crippen molar-refractivity contribution < 1.29 is 17.9 Å².